The van der Waals surface area contributed by atoms with Crippen molar-refractivity contribution < 1.29 is 0 Å². The summed E-state index contributed by atoms with van der Waals surface area (Å²) in [7, 11) is 2.22. The number of aryl methyl sites for hydroxylation is 1. The second kappa shape index (κ2) is 5.98. The molecule has 2 rings (SSSR count). The first kappa shape index (κ1) is 13.1. The van der Waals surface area contributed by atoms with Crippen LogP contribution in [0.4, 0.5) is 0 Å². The van der Waals surface area contributed by atoms with E-state index >= 15 is 0 Å². The Morgan fingerprint density at radius 1 is 1.53 bits per heavy atom. The van der Waals surface area contributed by atoms with E-state index in [2.05, 4.69) is 43.2 Å². The summed E-state index contributed by atoms with van der Waals surface area (Å²) in [6.07, 6.45) is 3.83. The molecule has 1 saturated heterocycles. The Morgan fingerprint density at radius 2 is 2.35 bits per heavy atom. The molecule has 2 nitrogen and oxygen atoms in total. The first-order chi connectivity index (χ1) is 8.13. The van der Waals surface area contributed by atoms with Gasteiger partial charge in [0.05, 0.1) is 0 Å². The Labute approximate surface area is 109 Å². The van der Waals surface area contributed by atoms with E-state index < -0.39 is 0 Å². The van der Waals surface area contributed by atoms with Gasteiger partial charge in [-0.1, -0.05) is 0 Å². The number of nitrogens with zero attached hydrogens (tertiary/aromatic N) is 1. The highest BCUT2D eigenvalue weighted by molar-refractivity contribution is 7.11. The van der Waals surface area contributed by atoms with Crippen molar-refractivity contribution in [3.05, 3.63) is 21.9 Å². The summed E-state index contributed by atoms with van der Waals surface area (Å²) < 4.78 is 0. The summed E-state index contributed by atoms with van der Waals surface area (Å²) in [5, 5.41) is 3.77. The molecule has 1 fully saturated rings. The molecule has 1 aliphatic heterocycles. The van der Waals surface area contributed by atoms with Crippen LogP contribution in [-0.2, 0) is 6.42 Å². The van der Waals surface area contributed by atoms with Gasteiger partial charge in [-0.05, 0) is 58.8 Å². The maximum atomic E-state index is 3.77. The van der Waals surface area contributed by atoms with E-state index in [0.29, 0.717) is 12.1 Å². The molecule has 96 valence electrons. The molecule has 1 N–H and O–H groups in total. The van der Waals surface area contributed by atoms with Crippen LogP contribution in [0.15, 0.2) is 12.1 Å². The second-order valence-electron chi connectivity index (χ2n) is 5.39. The molecule has 3 heteroatoms. The molecule has 17 heavy (non-hydrogen) atoms. The molecule has 2 unspecified atom stereocenters. The van der Waals surface area contributed by atoms with Gasteiger partial charge >= 0.3 is 0 Å². The first-order valence-corrected chi connectivity index (χ1v) is 7.45. The lowest BCUT2D eigenvalue weighted by atomic mass is 10.0. The maximum absolute atomic E-state index is 3.77. The van der Waals surface area contributed by atoms with Crippen LogP contribution in [0.1, 0.15) is 29.5 Å². The normalized spacial score (nSPS) is 23.8. The molecular weight excluding hydrogens is 228 g/mol. The SMILES string of the molecule is Cc1ccc(CC(C)NC2CCCN(C)C2)s1. The number of likely N-dealkylation sites (N-methyl/N-ethyl adjacent to an activating group) is 1. The summed E-state index contributed by atoms with van der Waals surface area (Å²) in [4.78, 5) is 5.36. The fourth-order valence-corrected chi connectivity index (χ4v) is 3.68. The highest BCUT2D eigenvalue weighted by atomic mass is 32.1. The Hall–Kier alpha value is -0.380. The van der Waals surface area contributed by atoms with Crippen molar-refractivity contribution in [2.75, 3.05) is 20.1 Å². The third-order valence-corrected chi connectivity index (χ3v) is 4.47. The predicted molar refractivity (Wildman–Crippen MR) is 75.9 cm³/mol. The number of hydrogen-bond acceptors (Lipinski definition) is 3. The summed E-state index contributed by atoms with van der Waals surface area (Å²) >= 11 is 1.93. The van der Waals surface area contributed by atoms with E-state index in [9.17, 15) is 0 Å². The minimum absolute atomic E-state index is 0.588. The molecule has 1 aromatic rings. The molecule has 0 bridgehead atoms. The average Bonchev–Trinajstić information content (AvgIpc) is 2.63. The molecule has 0 radical (unpaired) electrons. The van der Waals surface area contributed by atoms with Gasteiger partial charge in [0.15, 0.2) is 0 Å². The molecule has 2 heterocycles. The highest BCUT2D eigenvalue weighted by Gasteiger charge is 2.18. The van der Waals surface area contributed by atoms with E-state index in [-0.39, 0.29) is 0 Å². The zero-order valence-corrected chi connectivity index (χ0v) is 12.0. The quantitative estimate of drug-likeness (QED) is 0.886. The zero-order chi connectivity index (χ0) is 12.3. The molecule has 0 spiro atoms. The maximum Gasteiger partial charge on any atom is 0.0197 e. The van der Waals surface area contributed by atoms with Crippen LogP contribution in [0.25, 0.3) is 0 Å². The summed E-state index contributed by atoms with van der Waals surface area (Å²) in [6, 6.07) is 5.76. The van der Waals surface area contributed by atoms with E-state index in [1.54, 1.807) is 0 Å². The molecule has 0 aromatic carbocycles. The van der Waals surface area contributed by atoms with Crippen LogP contribution in [0.3, 0.4) is 0 Å². The standard InChI is InChI=1S/C14H24N2S/c1-11(9-14-7-6-12(2)17-14)15-13-5-4-8-16(3)10-13/h6-7,11,13,15H,4-5,8-10H2,1-3H3. The van der Waals surface area contributed by atoms with Crippen LogP contribution in [0, 0.1) is 6.92 Å². The summed E-state index contributed by atoms with van der Waals surface area (Å²) in [5.74, 6) is 0. The van der Waals surface area contributed by atoms with Crippen molar-refractivity contribution in [1.82, 2.24) is 10.2 Å². The first-order valence-electron chi connectivity index (χ1n) is 6.63. The molecule has 1 aromatic heterocycles. The van der Waals surface area contributed by atoms with Crippen LogP contribution in [-0.4, -0.2) is 37.1 Å². The van der Waals surface area contributed by atoms with Crippen LogP contribution < -0.4 is 5.32 Å². The van der Waals surface area contributed by atoms with E-state index in [4.69, 9.17) is 0 Å². The molecule has 2 atom stereocenters. The number of likely N-dealkylation sites (tertiary alicyclic amines) is 1. The fourth-order valence-electron chi connectivity index (χ4n) is 2.66. The summed E-state index contributed by atoms with van der Waals surface area (Å²) in [5.41, 5.74) is 0. The number of hydrogen-bond donors (Lipinski definition) is 1. The van der Waals surface area contributed by atoms with Gasteiger partial charge in [0.25, 0.3) is 0 Å². The average molecular weight is 252 g/mol. The van der Waals surface area contributed by atoms with Gasteiger partial charge in [0, 0.05) is 28.4 Å². The van der Waals surface area contributed by atoms with Crippen LogP contribution >= 0.6 is 11.3 Å². The van der Waals surface area contributed by atoms with Crippen LogP contribution in [0.5, 0.6) is 0 Å². The largest absolute Gasteiger partial charge is 0.310 e. The van der Waals surface area contributed by atoms with Gasteiger partial charge < -0.3 is 10.2 Å². The second-order valence-corrected chi connectivity index (χ2v) is 6.76. The molecule has 0 amide bonds. The lowest BCUT2D eigenvalue weighted by Crippen LogP contribution is -2.47. The van der Waals surface area contributed by atoms with Gasteiger partial charge in [-0.15, -0.1) is 11.3 Å². The Morgan fingerprint density at radius 3 is 3.00 bits per heavy atom. The predicted octanol–water partition coefficient (Wildman–Crippen LogP) is 2.67. The minimum atomic E-state index is 0.588. The van der Waals surface area contributed by atoms with Gasteiger partial charge in [-0.25, -0.2) is 0 Å². The highest BCUT2D eigenvalue weighted by Crippen LogP contribution is 2.17. The van der Waals surface area contributed by atoms with Crippen molar-refractivity contribution in [1.29, 1.82) is 0 Å². The van der Waals surface area contributed by atoms with Gasteiger partial charge in [0.1, 0.15) is 0 Å². The lowest BCUT2D eigenvalue weighted by molar-refractivity contribution is 0.218. The van der Waals surface area contributed by atoms with Crippen molar-refractivity contribution >= 4 is 11.3 Å². The van der Waals surface area contributed by atoms with Crippen molar-refractivity contribution in [2.24, 2.45) is 0 Å². The molecule has 1 aliphatic rings. The minimum Gasteiger partial charge on any atom is -0.310 e. The van der Waals surface area contributed by atoms with E-state index in [1.165, 1.54) is 42.1 Å². The third kappa shape index (κ3) is 4.09. The third-order valence-electron chi connectivity index (χ3n) is 3.45. The van der Waals surface area contributed by atoms with Gasteiger partial charge in [0.2, 0.25) is 0 Å². The summed E-state index contributed by atoms with van der Waals surface area (Å²) in [6.45, 7) is 6.95. The lowest BCUT2D eigenvalue weighted by Gasteiger charge is -2.32. The Balaban J connectivity index is 1.78. The smallest absolute Gasteiger partial charge is 0.0197 e. The zero-order valence-electron chi connectivity index (χ0n) is 11.2. The molecule has 0 aliphatic carbocycles. The van der Waals surface area contributed by atoms with Crippen molar-refractivity contribution in [3.8, 4) is 0 Å². The number of piperidine rings is 1. The molecule has 0 saturated carbocycles. The van der Waals surface area contributed by atoms with Gasteiger partial charge in [-0.3, -0.25) is 0 Å². The Bertz CT molecular complexity index is 348. The number of nitrogens with one attached hydrogen (secondary N) is 1. The topological polar surface area (TPSA) is 15.3 Å². The Kier molecular flexibility index (Phi) is 4.60. The van der Waals surface area contributed by atoms with Crippen molar-refractivity contribution in [3.63, 3.8) is 0 Å². The monoisotopic (exact) mass is 252 g/mol. The van der Waals surface area contributed by atoms with Crippen LogP contribution in [0.2, 0.25) is 0 Å². The molecular formula is C14H24N2S. The van der Waals surface area contributed by atoms with Gasteiger partial charge in [-0.2, -0.15) is 0 Å². The number of thiophene rings is 1. The number of rotatable bonds is 4. The van der Waals surface area contributed by atoms with E-state index in [1.807, 2.05) is 11.3 Å². The van der Waals surface area contributed by atoms with Crippen molar-refractivity contribution in [2.45, 2.75) is 45.2 Å². The fraction of sp³-hybridized carbons (Fsp3) is 0.714. The van der Waals surface area contributed by atoms with E-state index in [0.717, 1.165) is 0 Å².